The number of carbonyl (C=O) groups excluding carboxylic acids is 2. The molecule has 24 heavy (non-hydrogen) atoms. The molecule has 0 heterocycles. The first-order valence-corrected chi connectivity index (χ1v) is 9.41. The Morgan fingerprint density at radius 2 is 1.04 bits per heavy atom. The SMILES string of the molecule is CCC(=O)OC1(N=NC2(OC(=O)CC)CCCCC2)CCCCC1. The van der Waals surface area contributed by atoms with Crippen molar-refractivity contribution in [3.8, 4) is 0 Å². The fourth-order valence-electron chi connectivity index (χ4n) is 3.40. The molecule has 0 amide bonds. The first-order valence-electron chi connectivity index (χ1n) is 9.41. The summed E-state index contributed by atoms with van der Waals surface area (Å²) in [6, 6.07) is 0. The Morgan fingerprint density at radius 3 is 1.33 bits per heavy atom. The molecule has 0 aromatic heterocycles. The molecule has 6 nitrogen and oxygen atoms in total. The van der Waals surface area contributed by atoms with E-state index in [9.17, 15) is 9.59 Å². The first-order chi connectivity index (χ1) is 11.5. The minimum absolute atomic E-state index is 0.251. The highest BCUT2D eigenvalue weighted by atomic mass is 16.6. The lowest BCUT2D eigenvalue weighted by atomic mass is 9.91. The molecule has 0 aromatic carbocycles. The summed E-state index contributed by atoms with van der Waals surface area (Å²) in [5.41, 5.74) is -1.73. The predicted molar refractivity (Wildman–Crippen MR) is 89.3 cm³/mol. The molecule has 2 aliphatic carbocycles. The molecule has 2 saturated carbocycles. The van der Waals surface area contributed by atoms with Gasteiger partial charge in [0.25, 0.3) is 0 Å². The Morgan fingerprint density at radius 1 is 0.708 bits per heavy atom. The van der Waals surface area contributed by atoms with Gasteiger partial charge in [0.1, 0.15) is 0 Å². The van der Waals surface area contributed by atoms with Crippen LogP contribution in [0, 0.1) is 0 Å². The van der Waals surface area contributed by atoms with E-state index in [1.54, 1.807) is 13.8 Å². The van der Waals surface area contributed by atoms with Crippen LogP contribution < -0.4 is 0 Å². The van der Waals surface area contributed by atoms with Crippen LogP contribution in [-0.4, -0.2) is 23.4 Å². The molecule has 6 heteroatoms. The third-order valence-electron chi connectivity index (χ3n) is 4.87. The molecule has 136 valence electrons. The molecule has 2 rings (SSSR count). The Kier molecular flexibility index (Phi) is 6.75. The summed E-state index contributed by atoms with van der Waals surface area (Å²) in [5.74, 6) is -0.502. The van der Waals surface area contributed by atoms with Gasteiger partial charge in [-0.1, -0.05) is 26.7 Å². The third kappa shape index (κ3) is 5.02. The second-order valence-electron chi connectivity index (χ2n) is 6.87. The van der Waals surface area contributed by atoms with Crippen molar-refractivity contribution in [1.82, 2.24) is 0 Å². The van der Waals surface area contributed by atoms with Gasteiger partial charge in [0.2, 0.25) is 11.4 Å². The summed E-state index contributed by atoms with van der Waals surface area (Å²) in [7, 11) is 0. The quantitative estimate of drug-likeness (QED) is 0.521. The van der Waals surface area contributed by atoms with Crippen LogP contribution in [0.25, 0.3) is 0 Å². The number of ether oxygens (including phenoxy) is 2. The number of rotatable bonds is 6. The smallest absolute Gasteiger partial charge is 0.307 e. The molecule has 2 aliphatic rings. The molecule has 2 fully saturated rings. The number of hydrogen-bond donors (Lipinski definition) is 0. The van der Waals surface area contributed by atoms with Crippen molar-refractivity contribution in [3.05, 3.63) is 0 Å². The molecule has 0 unspecified atom stereocenters. The standard InChI is InChI=1S/C18H30N2O4/c1-3-15(21)23-17(11-7-5-8-12-17)19-20-18(24-16(22)4-2)13-9-6-10-14-18/h3-14H2,1-2H3. The van der Waals surface area contributed by atoms with E-state index in [4.69, 9.17) is 9.47 Å². The normalized spacial score (nSPS) is 22.9. The van der Waals surface area contributed by atoms with Crippen LogP contribution in [0.5, 0.6) is 0 Å². The first kappa shape index (κ1) is 18.9. The largest absolute Gasteiger partial charge is 0.435 e. The monoisotopic (exact) mass is 338 g/mol. The summed E-state index contributed by atoms with van der Waals surface area (Å²) in [6.45, 7) is 3.56. The molecule has 0 N–H and O–H groups in total. The predicted octanol–water partition coefficient (Wildman–Crippen LogP) is 4.67. The molecule has 0 aromatic rings. The van der Waals surface area contributed by atoms with Crippen LogP contribution in [0.15, 0.2) is 10.2 Å². The van der Waals surface area contributed by atoms with Crippen molar-refractivity contribution in [2.75, 3.05) is 0 Å². The zero-order valence-electron chi connectivity index (χ0n) is 15.0. The maximum absolute atomic E-state index is 11.8. The minimum Gasteiger partial charge on any atom is -0.435 e. The summed E-state index contributed by atoms with van der Waals surface area (Å²) in [5, 5.41) is 8.98. The molecule has 0 spiro atoms. The lowest BCUT2D eigenvalue weighted by Gasteiger charge is -2.35. The van der Waals surface area contributed by atoms with Crippen LogP contribution in [0.2, 0.25) is 0 Å². The van der Waals surface area contributed by atoms with Gasteiger partial charge in [-0.3, -0.25) is 9.59 Å². The number of nitrogens with zero attached hydrogens (tertiary/aromatic N) is 2. The van der Waals surface area contributed by atoms with Crippen LogP contribution in [0.4, 0.5) is 0 Å². The van der Waals surface area contributed by atoms with Crippen molar-refractivity contribution in [2.24, 2.45) is 10.2 Å². The average Bonchev–Trinajstić information content (AvgIpc) is 2.61. The van der Waals surface area contributed by atoms with Crippen LogP contribution in [0.3, 0.4) is 0 Å². The number of carbonyl (C=O) groups is 2. The van der Waals surface area contributed by atoms with Gasteiger partial charge >= 0.3 is 11.9 Å². The van der Waals surface area contributed by atoms with E-state index in [-0.39, 0.29) is 11.9 Å². The van der Waals surface area contributed by atoms with E-state index in [1.807, 2.05) is 0 Å². The molecule has 0 radical (unpaired) electrons. The van der Waals surface area contributed by atoms with Crippen molar-refractivity contribution >= 4 is 11.9 Å². The highest BCUT2D eigenvalue weighted by Crippen LogP contribution is 2.38. The van der Waals surface area contributed by atoms with Crippen molar-refractivity contribution in [3.63, 3.8) is 0 Å². The van der Waals surface area contributed by atoms with Gasteiger partial charge in [-0.15, -0.1) is 10.2 Å². The number of esters is 2. The minimum atomic E-state index is -0.867. The van der Waals surface area contributed by atoms with Crippen molar-refractivity contribution in [2.45, 2.75) is 102 Å². The Labute approximate surface area is 144 Å². The Bertz CT molecular complexity index is 422. The van der Waals surface area contributed by atoms with E-state index in [1.165, 1.54) is 0 Å². The fraction of sp³-hybridized carbons (Fsp3) is 0.889. The lowest BCUT2D eigenvalue weighted by molar-refractivity contribution is -0.169. The zero-order chi connectivity index (χ0) is 17.5. The van der Waals surface area contributed by atoms with Gasteiger partial charge in [0.15, 0.2) is 0 Å². The van der Waals surface area contributed by atoms with E-state index >= 15 is 0 Å². The van der Waals surface area contributed by atoms with E-state index in [0.29, 0.717) is 38.5 Å². The molecular weight excluding hydrogens is 308 g/mol. The van der Waals surface area contributed by atoms with E-state index < -0.39 is 11.4 Å². The third-order valence-corrected chi connectivity index (χ3v) is 4.87. The zero-order valence-corrected chi connectivity index (χ0v) is 15.0. The highest BCUT2D eigenvalue weighted by molar-refractivity contribution is 5.69. The fourth-order valence-corrected chi connectivity index (χ4v) is 3.40. The van der Waals surface area contributed by atoms with Gasteiger partial charge in [-0.05, 0) is 25.7 Å². The Balaban J connectivity index is 2.19. The molecule has 0 saturated heterocycles. The van der Waals surface area contributed by atoms with Crippen molar-refractivity contribution < 1.29 is 19.1 Å². The summed E-state index contributed by atoms with van der Waals surface area (Å²) >= 11 is 0. The number of azo groups is 1. The van der Waals surface area contributed by atoms with Gasteiger partial charge in [-0.25, -0.2) is 0 Å². The summed E-state index contributed by atoms with van der Waals surface area (Å²) < 4.78 is 11.3. The number of hydrogen-bond acceptors (Lipinski definition) is 6. The maximum Gasteiger partial charge on any atom is 0.307 e. The molecule has 0 aliphatic heterocycles. The summed E-state index contributed by atoms with van der Waals surface area (Å²) in [4.78, 5) is 23.7. The van der Waals surface area contributed by atoms with E-state index in [2.05, 4.69) is 10.2 Å². The van der Waals surface area contributed by atoms with E-state index in [0.717, 1.165) is 38.5 Å². The van der Waals surface area contributed by atoms with Crippen LogP contribution in [0.1, 0.15) is 90.9 Å². The molecular formula is C18H30N2O4. The Hall–Kier alpha value is -1.46. The molecule has 0 atom stereocenters. The topological polar surface area (TPSA) is 77.3 Å². The van der Waals surface area contributed by atoms with Gasteiger partial charge in [0.05, 0.1) is 0 Å². The van der Waals surface area contributed by atoms with Gasteiger partial charge < -0.3 is 9.47 Å². The average molecular weight is 338 g/mol. The van der Waals surface area contributed by atoms with Crippen molar-refractivity contribution in [1.29, 1.82) is 0 Å². The maximum atomic E-state index is 11.8. The van der Waals surface area contributed by atoms with Gasteiger partial charge in [0, 0.05) is 38.5 Å². The lowest BCUT2D eigenvalue weighted by Crippen LogP contribution is -2.38. The van der Waals surface area contributed by atoms with Crippen LogP contribution in [-0.2, 0) is 19.1 Å². The van der Waals surface area contributed by atoms with Gasteiger partial charge in [-0.2, -0.15) is 0 Å². The van der Waals surface area contributed by atoms with Crippen LogP contribution >= 0.6 is 0 Å². The molecule has 0 bridgehead atoms. The summed E-state index contributed by atoms with van der Waals surface area (Å²) in [6.07, 6.45) is 9.56. The second-order valence-corrected chi connectivity index (χ2v) is 6.87. The highest BCUT2D eigenvalue weighted by Gasteiger charge is 2.40. The second kappa shape index (κ2) is 8.58.